The van der Waals surface area contributed by atoms with E-state index in [1.807, 2.05) is 43.5 Å². The molecule has 1 aromatic heterocycles. The monoisotopic (exact) mass is 541 g/mol. The van der Waals surface area contributed by atoms with E-state index in [4.69, 9.17) is 17.0 Å². The molecule has 3 heterocycles. The van der Waals surface area contributed by atoms with Crippen LogP contribution < -0.4 is 20.4 Å². The summed E-state index contributed by atoms with van der Waals surface area (Å²) in [6, 6.07) is 18.4. The van der Waals surface area contributed by atoms with Gasteiger partial charge in [0.1, 0.15) is 6.61 Å². The Morgan fingerprint density at radius 1 is 1.15 bits per heavy atom. The van der Waals surface area contributed by atoms with Crippen LogP contribution in [0.4, 0.5) is 17.1 Å². The number of hydrogen-bond donors (Lipinski definition) is 2. The number of nitrogens with one attached hydrogen (secondary N) is 2. The first kappa shape index (κ1) is 26.8. The molecule has 0 saturated carbocycles. The van der Waals surface area contributed by atoms with E-state index in [-0.39, 0.29) is 30.1 Å². The van der Waals surface area contributed by atoms with Crippen LogP contribution in [0.5, 0.6) is 0 Å². The van der Waals surface area contributed by atoms with E-state index in [1.165, 1.54) is 23.9 Å². The molecule has 5 rings (SSSR count). The highest BCUT2D eigenvalue weighted by Gasteiger charge is 2.41. The normalized spacial score (nSPS) is 19.8. The van der Waals surface area contributed by atoms with Gasteiger partial charge in [0.25, 0.3) is 0 Å². The van der Waals surface area contributed by atoms with Crippen molar-refractivity contribution in [2.75, 3.05) is 35.9 Å². The number of thiocarbonyl (C=S) groups is 1. The number of fused-ring (bicyclic) bond motifs is 1. The minimum absolute atomic E-state index is 0.00765. The van der Waals surface area contributed by atoms with Crippen molar-refractivity contribution >= 4 is 45.9 Å². The third-order valence-electron chi connectivity index (χ3n) is 7.72. The molecule has 0 unspecified atom stereocenters. The Morgan fingerprint density at radius 3 is 2.64 bits per heavy atom. The Hall–Kier alpha value is -3.75. The number of rotatable bonds is 6. The highest BCUT2D eigenvalue weighted by Crippen LogP contribution is 2.45. The molecule has 0 spiro atoms. The first-order chi connectivity index (χ1) is 18.6. The topological polar surface area (TPSA) is 69.7 Å². The van der Waals surface area contributed by atoms with E-state index in [0.717, 1.165) is 28.2 Å². The van der Waals surface area contributed by atoms with Crippen LogP contribution in [0.15, 0.2) is 66.9 Å². The molecule has 39 heavy (non-hydrogen) atoms. The molecule has 2 N–H and O–H groups in total. The lowest BCUT2D eigenvalue weighted by Gasteiger charge is -2.41. The molecule has 0 aliphatic carbocycles. The molecule has 2 atom stereocenters. The number of nitrogens with zero attached hydrogens (tertiary/aromatic N) is 3. The van der Waals surface area contributed by atoms with Crippen molar-refractivity contribution in [3.05, 3.63) is 89.3 Å². The summed E-state index contributed by atoms with van der Waals surface area (Å²) in [5, 5.41) is 7.10. The van der Waals surface area contributed by atoms with Crippen molar-refractivity contribution in [2.45, 2.75) is 45.3 Å². The van der Waals surface area contributed by atoms with Crippen LogP contribution >= 0.6 is 12.2 Å². The molecule has 3 aromatic rings. The number of aryl methyl sites for hydroxylation is 1. The Labute approximate surface area is 235 Å². The number of carbonyl (C=O) groups is 1. The summed E-state index contributed by atoms with van der Waals surface area (Å²) < 4.78 is 4.96. The number of ether oxygens (including phenoxy) is 1. The smallest absolute Gasteiger partial charge is 0.250 e. The highest BCUT2D eigenvalue weighted by atomic mass is 32.1. The second kappa shape index (κ2) is 10.4. The maximum Gasteiger partial charge on any atom is 0.250 e. The van der Waals surface area contributed by atoms with E-state index in [0.29, 0.717) is 5.11 Å². The number of benzene rings is 2. The first-order valence-electron chi connectivity index (χ1n) is 13.1. The standard InChI is InChI=1S/C31H35N5O2S/c1-19-15-22(11-12-24(19)33-27(37)18-38-6)36-29(28(34-30(36)39)25-9-7-8-14-32-25)21-10-13-26-23(16-21)20(2)17-31(3,4)35(26)5/h7-17,28-29H,18H2,1-6H3,(H,33,37)(H,34,39)/t28-,29-/m0/s1. The van der Waals surface area contributed by atoms with Gasteiger partial charge in [-0.2, -0.15) is 0 Å². The second-order valence-electron chi connectivity index (χ2n) is 10.8. The Morgan fingerprint density at radius 2 is 1.95 bits per heavy atom. The lowest BCUT2D eigenvalue weighted by molar-refractivity contribution is -0.119. The maximum atomic E-state index is 12.1. The zero-order valence-electron chi connectivity index (χ0n) is 23.3. The number of aromatic nitrogens is 1. The van der Waals surface area contributed by atoms with E-state index in [9.17, 15) is 4.79 Å². The Bertz CT molecular complexity index is 1450. The zero-order valence-corrected chi connectivity index (χ0v) is 24.1. The SMILES string of the molecule is COCC(=O)Nc1ccc(N2C(=S)N[C@@H](c3ccccn3)[C@@H]2c2ccc3c(c2)C(C)=CC(C)(C)N3C)cc1C. The van der Waals surface area contributed by atoms with Gasteiger partial charge in [0.15, 0.2) is 5.11 Å². The third-order valence-corrected chi connectivity index (χ3v) is 8.03. The van der Waals surface area contributed by atoms with Crippen LogP contribution in [0.3, 0.4) is 0 Å². The number of hydrogen-bond acceptors (Lipinski definition) is 5. The van der Waals surface area contributed by atoms with Crippen LogP contribution in [0, 0.1) is 6.92 Å². The van der Waals surface area contributed by atoms with E-state index >= 15 is 0 Å². The largest absolute Gasteiger partial charge is 0.375 e. The van der Waals surface area contributed by atoms with Crippen LogP contribution in [0.2, 0.25) is 0 Å². The number of amides is 1. The quantitative estimate of drug-likeness (QED) is 0.383. The molecular weight excluding hydrogens is 506 g/mol. The van der Waals surface area contributed by atoms with Gasteiger partial charge in [0.05, 0.1) is 23.3 Å². The molecule has 7 nitrogen and oxygen atoms in total. The Kier molecular flexibility index (Phi) is 7.18. The molecule has 8 heteroatoms. The predicted molar refractivity (Wildman–Crippen MR) is 162 cm³/mol. The van der Waals surface area contributed by atoms with Crippen molar-refractivity contribution in [3.63, 3.8) is 0 Å². The van der Waals surface area contributed by atoms with Gasteiger partial charge in [-0.3, -0.25) is 9.78 Å². The summed E-state index contributed by atoms with van der Waals surface area (Å²) in [5.74, 6) is -0.189. The van der Waals surface area contributed by atoms with Gasteiger partial charge < -0.3 is 25.2 Å². The molecule has 1 fully saturated rings. The summed E-state index contributed by atoms with van der Waals surface area (Å²) in [7, 11) is 3.65. The number of pyridine rings is 1. The third kappa shape index (κ3) is 5.02. The van der Waals surface area contributed by atoms with Gasteiger partial charge in [0.2, 0.25) is 5.91 Å². The summed E-state index contributed by atoms with van der Waals surface area (Å²) >= 11 is 5.93. The predicted octanol–water partition coefficient (Wildman–Crippen LogP) is 5.78. The lowest BCUT2D eigenvalue weighted by atomic mass is 9.86. The fraction of sp³-hybridized carbons (Fsp3) is 0.323. The lowest BCUT2D eigenvalue weighted by Crippen LogP contribution is -2.42. The van der Waals surface area contributed by atoms with Gasteiger partial charge >= 0.3 is 0 Å². The van der Waals surface area contributed by atoms with Crippen LogP contribution in [0.25, 0.3) is 5.57 Å². The molecule has 0 bridgehead atoms. The fourth-order valence-electron chi connectivity index (χ4n) is 5.59. The molecule has 2 aliphatic rings. The number of allylic oxidation sites excluding steroid dienone is 1. The van der Waals surface area contributed by atoms with E-state index in [1.54, 1.807) is 0 Å². The minimum Gasteiger partial charge on any atom is -0.375 e. The number of methoxy groups -OCH3 is 1. The van der Waals surface area contributed by atoms with Crippen LogP contribution in [-0.4, -0.2) is 42.3 Å². The average molecular weight is 542 g/mol. The molecule has 2 aromatic carbocycles. The van der Waals surface area contributed by atoms with Gasteiger partial charge in [-0.05, 0) is 99.1 Å². The van der Waals surface area contributed by atoms with Crippen LogP contribution in [-0.2, 0) is 9.53 Å². The summed E-state index contributed by atoms with van der Waals surface area (Å²) in [6.07, 6.45) is 4.14. The minimum atomic E-state index is -0.189. The van der Waals surface area contributed by atoms with Crippen molar-refractivity contribution in [3.8, 4) is 0 Å². The number of anilines is 3. The second-order valence-corrected chi connectivity index (χ2v) is 11.2. The van der Waals surface area contributed by atoms with Gasteiger partial charge in [0, 0.05) is 43.0 Å². The van der Waals surface area contributed by atoms with Crippen molar-refractivity contribution in [1.82, 2.24) is 10.3 Å². The van der Waals surface area contributed by atoms with E-state index < -0.39 is 0 Å². The summed E-state index contributed by atoms with van der Waals surface area (Å²) in [5.41, 5.74) is 8.34. The molecule has 0 radical (unpaired) electrons. The fourth-order valence-corrected chi connectivity index (χ4v) is 5.93. The van der Waals surface area contributed by atoms with Crippen molar-refractivity contribution in [1.29, 1.82) is 0 Å². The highest BCUT2D eigenvalue weighted by molar-refractivity contribution is 7.80. The molecule has 1 amide bonds. The van der Waals surface area contributed by atoms with Gasteiger partial charge in [-0.1, -0.05) is 18.2 Å². The van der Waals surface area contributed by atoms with Crippen molar-refractivity contribution in [2.24, 2.45) is 0 Å². The molecule has 2 aliphatic heterocycles. The number of likely N-dealkylation sites (N-methyl/N-ethyl adjacent to an activating group) is 1. The molecular formula is C31H35N5O2S. The maximum absolute atomic E-state index is 12.1. The van der Waals surface area contributed by atoms with Crippen molar-refractivity contribution < 1.29 is 9.53 Å². The van der Waals surface area contributed by atoms with Gasteiger partial charge in [-0.15, -0.1) is 0 Å². The zero-order chi connectivity index (χ0) is 27.9. The van der Waals surface area contributed by atoms with E-state index in [2.05, 4.69) is 83.6 Å². The number of carbonyl (C=O) groups excluding carboxylic acids is 1. The average Bonchev–Trinajstić information content (AvgIpc) is 3.25. The molecule has 1 saturated heterocycles. The molecule has 202 valence electrons. The summed E-state index contributed by atoms with van der Waals surface area (Å²) in [6.45, 7) is 8.63. The first-order valence-corrected chi connectivity index (χ1v) is 13.5. The Balaban J connectivity index is 1.59. The summed E-state index contributed by atoms with van der Waals surface area (Å²) in [4.78, 5) is 21.3. The van der Waals surface area contributed by atoms with Crippen LogP contribution in [0.1, 0.15) is 55.2 Å². The van der Waals surface area contributed by atoms with Gasteiger partial charge in [-0.25, -0.2) is 0 Å².